The first-order valence-electron chi connectivity index (χ1n) is 10.9. The highest BCUT2D eigenvalue weighted by atomic mass is 16.1. The molecule has 0 saturated carbocycles. The van der Waals surface area contributed by atoms with Gasteiger partial charge in [-0.2, -0.15) is 0 Å². The highest BCUT2D eigenvalue weighted by molar-refractivity contribution is 6.11. The van der Waals surface area contributed by atoms with Crippen LogP contribution in [0.25, 0.3) is 55.2 Å². The zero-order valence-electron chi connectivity index (χ0n) is 17.8. The highest BCUT2D eigenvalue weighted by Gasteiger charge is 2.15. The topological polar surface area (TPSA) is 45.8 Å². The van der Waals surface area contributed by atoms with Crippen molar-refractivity contribution in [1.82, 2.24) is 9.97 Å². The van der Waals surface area contributed by atoms with Crippen LogP contribution in [0.2, 0.25) is 0 Å². The maximum atomic E-state index is 12.8. The number of H-pyrrole nitrogens is 1. The minimum Gasteiger partial charge on any atom is -0.321 e. The number of hydrogen-bond acceptors (Lipinski definition) is 2. The molecule has 6 aromatic rings. The van der Waals surface area contributed by atoms with Crippen molar-refractivity contribution in [2.45, 2.75) is 0 Å². The van der Waals surface area contributed by atoms with Crippen molar-refractivity contribution in [3.63, 3.8) is 0 Å². The van der Waals surface area contributed by atoms with Gasteiger partial charge in [0.2, 0.25) is 0 Å². The maximum Gasteiger partial charge on any atom is 0.256 e. The summed E-state index contributed by atoms with van der Waals surface area (Å²) >= 11 is 0. The van der Waals surface area contributed by atoms with Crippen LogP contribution in [-0.2, 0) is 0 Å². The zero-order valence-corrected chi connectivity index (χ0v) is 17.8. The quantitative estimate of drug-likeness (QED) is 0.309. The zero-order chi connectivity index (χ0) is 22.2. The summed E-state index contributed by atoms with van der Waals surface area (Å²) in [7, 11) is 0. The highest BCUT2D eigenvalue weighted by Crippen LogP contribution is 2.37. The first-order chi connectivity index (χ1) is 16.3. The minimum atomic E-state index is -0.100. The van der Waals surface area contributed by atoms with Crippen molar-refractivity contribution in [3.05, 3.63) is 126 Å². The first kappa shape index (κ1) is 19.2. The Bertz CT molecular complexity index is 1670. The fraction of sp³-hybridized carbons (Fsp3) is 0. The molecule has 1 N–H and O–H groups in total. The largest absolute Gasteiger partial charge is 0.321 e. The monoisotopic (exact) mass is 424 g/mol. The molecule has 0 atom stereocenters. The fourth-order valence-electron chi connectivity index (χ4n) is 4.56. The van der Waals surface area contributed by atoms with Crippen LogP contribution in [0, 0.1) is 0 Å². The van der Waals surface area contributed by atoms with Gasteiger partial charge < -0.3 is 4.98 Å². The van der Waals surface area contributed by atoms with Crippen LogP contribution in [0.4, 0.5) is 0 Å². The molecule has 33 heavy (non-hydrogen) atoms. The van der Waals surface area contributed by atoms with Gasteiger partial charge in [-0.1, -0.05) is 91.0 Å². The number of pyridine rings is 2. The second-order valence-corrected chi connectivity index (χ2v) is 8.07. The van der Waals surface area contributed by atoms with E-state index in [9.17, 15) is 4.79 Å². The average Bonchev–Trinajstić information content (AvgIpc) is 2.89. The van der Waals surface area contributed by atoms with Gasteiger partial charge in [0.25, 0.3) is 5.56 Å². The summed E-state index contributed by atoms with van der Waals surface area (Å²) in [5.41, 5.74) is 7.10. The number of benzene rings is 4. The van der Waals surface area contributed by atoms with Crippen LogP contribution in [-0.4, -0.2) is 9.97 Å². The van der Waals surface area contributed by atoms with Gasteiger partial charge in [0.1, 0.15) is 0 Å². The van der Waals surface area contributed by atoms with Crippen LogP contribution in [0.1, 0.15) is 0 Å². The van der Waals surface area contributed by atoms with Crippen molar-refractivity contribution in [2.75, 3.05) is 0 Å². The Morgan fingerprint density at radius 1 is 0.576 bits per heavy atom. The molecule has 0 aliphatic heterocycles. The first-order valence-corrected chi connectivity index (χ1v) is 10.9. The Hall–Kier alpha value is -4.50. The van der Waals surface area contributed by atoms with Crippen molar-refractivity contribution in [3.8, 4) is 33.5 Å². The number of nitrogens with one attached hydrogen (secondary N) is 1. The van der Waals surface area contributed by atoms with E-state index in [2.05, 4.69) is 71.7 Å². The molecule has 3 heteroatoms. The Balaban J connectivity index is 1.67. The molecule has 0 bridgehead atoms. The van der Waals surface area contributed by atoms with E-state index in [-0.39, 0.29) is 5.56 Å². The van der Waals surface area contributed by atoms with E-state index in [1.165, 1.54) is 0 Å². The number of aromatic amines is 1. The molecule has 0 radical (unpaired) electrons. The summed E-state index contributed by atoms with van der Waals surface area (Å²) in [6.45, 7) is 0. The van der Waals surface area contributed by atoms with E-state index in [4.69, 9.17) is 4.98 Å². The van der Waals surface area contributed by atoms with E-state index < -0.39 is 0 Å². The molecule has 2 aromatic heterocycles. The molecular formula is C30H20N2O. The number of hydrogen-bond donors (Lipinski definition) is 1. The fourth-order valence-corrected chi connectivity index (χ4v) is 4.56. The Morgan fingerprint density at radius 2 is 1.24 bits per heavy atom. The third-order valence-electron chi connectivity index (χ3n) is 6.10. The van der Waals surface area contributed by atoms with Gasteiger partial charge in [-0.25, -0.2) is 0 Å². The number of fused-ring (bicyclic) bond motifs is 3. The average molecular weight is 425 g/mol. The smallest absolute Gasteiger partial charge is 0.256 e. The molecule has 0 fully saturated rings. The lowest BCUT2D eigenvalue weighted by Crippen LogP contribution is -2.07. The molecule has 0 amide bonds. The predicted molar refractivity (Wildman–Crippen MR) is 136 cm³/mol. The molecule has 0 aliphatic carbocycles. The van der Waals surface area contributed by atoms with Crippen LogP contribution in [0.15, 0.2) is 120 Å². The van der Waals surface area contributed by atoms with Gasteiger partial charge >= 0.3 is 0 Å². The second kappa shape index (κ2) is 7.88. The summed E-state index contributed by atoms with van der Waals surface area (Å²) < 4.78 is 0. The van der Waals surface area contributed by atoms with Crippen LogP contribution >= 0.6 is 0 Å². The lowest BCUT2D eigenvalue weighted by Gasteiger charge is -2.14. The minimum absolute atomic E-state index is 0.100. The SMILES string of the molecule is O=c1[nH]c2ccccc2c2c(-c3ccc(-c4ccccc4)c(-c4ccccc4)c3)nccc12. The molecule has 0 spiro atoms. The molecule has 0 aliphatic rings. The van der Waals surface area contributed by atoms with E-state index in [0.29, 0.717) is 5.39 Å². The van der Waals surface area contributed by atoms with Crippen molar-refractivity contribution in [2.24, 2.45) is 0 Å². The molecule has 2 heterocycles. The third kappa shape index (κ3) is 3.31. The molecule has 3 nitrogen and oxygen atoms in total. The van der Waals surface area contributed by atoms with Crippen molar-refractivity contribution >= 4 is 21.7 Å². The van der Waals surface area contributed by atoms with Gasteiger partial charge in [-0.3, -0.25) is 9.78 Å². The molecule has 0 saturated heterocycles. The summed E-state index contributed by atoms with van der Waals surface area (Å²) in [5.74, 6) is 0. The molecule has 156 valence electrons. The summed E-state index contributed by atoms with van der Waals surface area (Å²) in [6.07, 6.45) is 1.72. The molecule has 4 aromatic carbocycles. The molecule has 0 unspecified atom stereocenters. The number of aromatic nitrogens is 2. The van der Waals surface area contributed by atoms with Gasteiger partial charge in [-0.05, 0) is 40.5 Å². The van der Waals surface area contributed by atoms with E-state index in [0.717, 1.165) is 49.8 Å². The standard InChI is InChI=1S/C30H20N2O/c33-30-25-17-18-31-29(28(25)24-13-7-8-14-27(24)32-30)22-15-16-23(20-9-3-1-4-10-20)26(19-22)21-11-5-2-6-12-21/h1-19H,(H,32,33). The van der Waals surface area contributed by atoms with Gasteiger partial charge in [0.05, 0.1) is 11.1 Å². The predicted octanol–water partition coefficient (Wildman–Crippen LogP) is 7.08. The van der Waals surface area contributed by atoms with E-state index in [1.807, 2.05) is 36.4 Å². The summed E-state index contributed by atoms with van der Waals surface area (Å²) in [5, 5.41) is 2.51. The van der Waals surface area contributed by atoms with Crippen LogP contribution < -0.4 is 5.56 Å². The number of rotatable bonds is 3. The number of para-hydroxylation sites is 1. The van der Waals surface area contributed by atoms with Crippen LogP contribution in [0.3, 0.4) is 0 Å². The summed E-state index contributed by atoms with van der Waals surface area (Å²) in [4.78, 5) is 20.6. The number of nitrogens with zero attached hydrogens (tertiary/aromatic N) is 1. The van der Waals surface area contributed by atoms with Crippen molar-refractivity contribution in [1.29, 1.82) is 0 Å². The van der Waals surface area contributed by atoms with E-state index in [1.54, 1.807) is 12.3 Å². The van der Waals surface area contributed by atoms with Crippen molar-refractivity contribution < 1.29 is 0 Å². The Morgan fingerprint density at radius 3 is 2.00 bits per heavy atom. The van der Waals surface area contributed by atoms with E-state index >= 15 is 0 Å². The Kier molecular flexibility index (Phi) is 4.59. The lowest BCUT2D eigenvalue weighted by atomic mass is 9.91. The maximum absolute atomic E-state index is 12.8. The van der Waals surface area contributed by atoms with Gasteiger partial charge in [-0.15, -0.1) is 0 Å². The third-order valence-corrected chi connectivity index (χ3v) is 6.10. The molecule has 6 rings (SSSR count). The van der Waals surface area contributed by atoms with Crippen LogP contribution in [0.5, 0.6) is 0 Å². The normalized spacial score (nSPS) is 11.2. The lowest BCUT2D eigenvalue weighted by molar-refractivity contribution is 1.31. The Labute approximate surface area is 191 Å². The van der Waals surface area contributed by atoms with Gasteiger partial charge in [0, 0.05) is 28.0 Å². The van der Waals surface area contributed by atoms with Gasteiger partial charge in [0.15, 0.2) is 0 Å². The second-order valence-electron chi connectivity index (χ2n) is 8.07. The summed E-state index contributed by atoms with van der Waals surface area (Å²) in [6, 6.07) is 36.9. The molecular weight excluding hydrogens is 404 g/mol.